The number of aliphatic hydroxyl groups excluding tert-OH is 1. The summed E-state index contributed by atoms with van der Waals surface area (Å²) in [4.78, 5) is 2.33. The van der Waals surface area contributed by atoms with Gasteiger partial charge >= 0.3 is 0 Å². The number of hydrogen-bond donors (Lipinski definition) is 2. The quantitative estimate of drug-likeness (QED) is 0.839. The van der Waals surface area contributed by atoms with Crippen LogP contribution in [0, 0.1) is 0 Å². The largest absolute Gasteiger partial charge is 0.512 e. The number of hydrogen-bond acceptors (Lipinski definition) is 3. The second kappa shape index (κ2) is 4.18. The number of aliphatic hydroxyl groups is 1. The number of nitrogens with zero attached hydrogens (tertiary/aromatic N) is 1. The van der Waals surface area contributed by atoms with E-state index in [9.17, 15) is 10.2 Å². The summed E-state index contributed by atoms with van der Waals surface area (Å²) < 4.78 is 0. The third-order valence-corrected chi connectivity index (χ3v) is 3.72. The molecular formula is C15H17NO2. The Morgan fingerprint density at radius 2 is 2.11 bits per heavy atom. The van der Waals surface area contributed by atoms with Crippen LogP contribution in [0.2, 0.25) is 0 Å². The van der Waals surface area contributed by atoms with E-state index in [1.54, 1.807) is 6.07 Å². The Morgan fingerprint density at radius 1 is 1.28 bits per heavy atom. The van der Waals surface area contributed by atoms with Crippen LogP contribution in [0.5, 0.6) is 5.75 Å². The van der Waals surface area contributed by atoms with E-state index in [-0.39, 0.29) is 0 Å². The molecule has 3 heteroatoms. The zero-order valence-electron chi connectivity index (χ0n) is 10.5. The van der Waals surface area contributed by atoms with Crippen LogP contribution >= 0.6 is 0 Å². The molecule has 0 spiro atoms. The lowest BCUT2D eigenvalue weighted by molar-refractivity contribution is 0.266. The van der Waals surface area contributed by atoms with Crippen molar-refractivity contribution in [2.45, 2.75) is 13.3 Å². The fraction of sp³-hybridized carbons (Fsp3) is 0.333. The normalized spacial score (nSPS) is 19.3. The Hall–Kier alpha value is -1.74. The lowest BCUT2D eigenvalue weighted by Gasteiger charge is -2.31. The van der Waals surface area contributed by atoms with Crippen LogP contribution in [0.4, 0.5) is 0 Å². The number of rotatable bonds is 2. The van der Waals surface area contributed by atoms with Gasteiger partial charge in [0.2, 0.25) is 0 Å². The molecule has 18 heavy (non-hydrogen) atoms. The molecule has 0 amide bonds. The molecule has 94 valence electrons. The number of phenolic OH excluding ortho intramolecular Hbond substituents is 1. The van der Waals surface area contributed by atoms with Crippen LogP contribution in [0.15, 0.2) is 29.5 Å². The molecule has 2 N–H and O–H groups in total. The fourth-order valence-electron chi connectivity index (χ4n) is 2.63. The molecule has 0 saturated heterocycles. The van der Waals surface area contributed by atoms with E-state index in [4.69, 9.17) is 0 Å². The van der Waals surface area contributed by atoms with E-state index in [0.717, 1.165) is 37.2 Å². The lowest BCUT2D eigenvalue weighted by atomic mass is 9.87. The van der Waals surface area contributed by atoms with Crippen molar-refractivity contribution in [3.63, 3.8) is 0 Å². The first-order valence-electron chi connectivity index (χ1n) is 6.27. The van der Waals surface area contributed by atoms with Gasteiger partial charge in [-0.2, -0.15) is 0 Å². The molecule has 0 radical (unpaired) electrons. The zero-order chi connectivity index (χ0) is 12.7. The van der Waals surface area contributed by atoms with Gasteiger partial charge in [0.25, 0.3) is 0 Å². The maximum absolute atomic E-state index is 9.60. The molecule has 3 rings (SSSR count). The summed E-state index contributed by atoms with van der Waals surface area (Å²) in [5, 5.41) is 19.1. The molecule has 1 aliphatic carbocycles. The van der Waals surface area contributed by atoms with Gasteiger partial charge in [-0.1, -0.05) is 6.07 Å². The van der Waals surface area contributed by atoms with Crippen molar-refractivity contribution in [2.75, 3.05) is 19.6 Å². The van der Waals surface area contributed by atoms with Crippen LogP contribution in [-0.4, -0.2) is 34.7 Å². The van der Waals surface area contributed by atoms with Gasteiger partial charge in [0, 0.05) is 26.1 Å². The van der Waals surface area contributed by atoms with E-state index in [1.165, 1.54) is 11.1 Å². The third kappa shape index (κ3) is 1.91. The minimum Gasteiger partial charge on any atom is -0.512 e. The van der Waals surface area contributed by atoms with E-state index in [1.807, 2.05) is 19.1 Å². The van der Waals surface area contributed by atoms with Gasteiger partial charge in [0.05, 0.1) is 5.76 Å². The fourth-order valence-corrected chi connectivity index (χ4v) is 2.63. The molecule has 0 aromatic heterocycles. The molecular weight excluding hydrogens is 226 g/mol. The van der Waals surface area contributed by atoms with E-state index in [0.29, 0.717) is 11.5 Å². The minimum atomic E-state index is 0.326. The van der Waals surface area contributed by atoms with Crippen LogP contribution in [0.25, 0.3) is 11.6 Å². The van der Waals surface area contributed by atoms with Crippen molar-refractivity contribution in [1.29, 1.82) is 0 Å². The second-order valence-electron chi connectivity index (χ2n) is 5.13. The van der Waals surface area contributed by atoms with Crippen molar-refractivity contribution in [1.82, 2.24) is 4.90 Å². The average molecular weight is 243 g/mol. The Labute approximate surface area is 107 Å². The number of phenols is 1. The maximum atomic E-state index is 9.60. The zero-order valence-corrected chi connectivity index (χ0v) is 10.5. The lowest BCUT2D eigenvalue weighted by Crippen LogP contribution is -2.33. The summed E-state index contributed by atoms with van der Waals surface area (Å²) in [6.07, 6.45) is 2.91. The van der Waals surface area contributed by atoms with Gasteiger partial charge in [-0.25, -0.2) is 0 Å². The van der Waals surface area contributed by atoms with Crippen LogP contribution < -0.4 is 0 Å². The summed E-state index contributed by atoms with van der Waals surface area (Å²) in [5.41, 5.74) is 4.70. The molecule has 0 atom stereocenters. The first kappa shape index (κ1) is 11.4. The number of aromatic hydroxyl groups is 1. The Morgan fingerprint density at radius 3 is 2.89 bits per heavy atom. The Kier molecular flexibility index (Phi) is 2.63. The average Bonchev–Trinajstić information content (AvgIpc) is 2.33. The minimum absolute atomic E-state index is 0.326. The summed E-state index contributed by atoms with van der Waals surface area (Å²) in [6.45, 7) is 4.60. The summed E-state index contributed by atoms with van der Waals surface area (Å²) >= 11 is 0. The van der Waals surface area contributed by atoms with Crippen molar-refractivity contribution >= 4 is 11.6 Å². The van der Waals surface area contributed by atoms with Crippen molar-refractivity contribution in [3.8, 4) is 5.75 Å². The Balaban J connectivity index is 1.70. The van der Waals surface area contributed by atoms with E-state index >= 15 is 0 Å². The molecule has 1 aromatic rings. The summed E-state index contributed by atoms with van der Waals surface area (Å²) in [5.74, 6) is 0.874. The smallest absolute Gasteiger partial charge is 0.116 e. The number of fused-ring (bicyclic) bond motifs is 1. The highest BCUT2D eigenvalue weighted by Crippen LogP contribution is 2.35. The highest BCUT2D eigenvalue weighted by atomic mass is 16.3. The predicted molar refractivity (Wildman–Crippen MR) is 72.4 cm³/mol. The van der Waals surface area contributed by atoms with Crippen LogP contribution in [-0.2, 0) is 0 Å². The van der Waals surface area contributed by atoms with Crippen molar-refractivity contribution < 1.29 is 10.2 Å². The summed E-state index contributed by atoms with van der Waals surface area (Å²) in [7, 11) is 0. The van der Waals surface area contributed by atoms with Gasteiger partial charge in [-0.3, -0.25) is 4.90 Å². The van der Waals surface area contributed by atoms with Crippen molar-refractivity contribution in [3.05, 3.63) is 40.7 Å². The van der Waals surface area contributed by atoms with Crippen LogP contribution in [0.1, 0.15) is 24.5 Å². The predicted octanol–water partition coefficient (Wildman–Crippen LogP) is 2.78. The van der Waals surface area contributed by atoms with Gasteiger partial charge in [-0.05, 0) is 47.4 Å². The summed E-state index contributed by atoms with van der Waals surface area (Å²) in [6, 6.07) is 5.49. The van der Waals surface area contributed by atoms with Crippen molar-refractivity contribution in [2.24, 2.45) is 0 Å². The molecule has 3 nitrogen and oxygen atoms in total. The molecule has 0 fully saturated rings. The van der Waals surface area contributed by atoms with Gasteiger partial charge in [0.15, 0.2) is 0 Å². The molecule has 0 unspecified atom stereocenters. The molecule has 1 aliphatic heterocycles. The number of benzene rings is 1. The van der Waals surface area contributed by atoms with E-state index in [2.05, 4.69) is 11.0 Å². The highest BCUT2D eigenvalue weighted by Gasteiger charge is 2.22. The molecule has 0 bridgehead atoms. The highest BCUT2D eigenvalue weighted by molar-refractivity contribution is 5.96. The molecule has 0 saturated carbocycles. The second-order valence-corrected chi connectivity index (χ2v) is 5.13. The Bertz CT molecular complexity index is 558. The first-order valence-corrected chi connectivity index (χ1v) is 6.27. The van der Waals surface area contributed by atoms with Gasteiger partial charge in [-0.15, -0.1) is 0 Å². The third-order valence-electron chi connectivity index (χ3n) is 3.72. The van der Waals surface area contributed by atoms with Gasteiger partial charge < -0.3 is 10.2 Å². The van der Waals surface area contributed by atoms with Crippen LogP contribution in [0.3, 0.4) is 0 Å². The molecule has 1 heterocycles. The van der Waals surface area contributed by atoms with E-state index < -0.39 is 0 Å². The monoisotopic (exact) mass is 243 g/mol. The van der Waals surface area contributed by atoms with Gasteiger partial charge in [0.1, 0.15) is 5.75 Å². The standard InChI is InChI=1S/C15H17NO2/c1-10-8-16(5-4-15(10)18)9-12-6-11-2-3-13(17)7-14(11)12/h2-3,6-7,17-18H,4-5,8-9H2,1H3. The maximum Gasteiger partial charge on any atom is 0.116 e. The topological polar surface area (TPSA) is 43.7 Å². The first-order chi connectivity index (χ1) is 8.63. The molecule has 2 aliphatic rings. The SMILES string of the molecule is CC1=C(O)CCN(CC2=Cc3ccc(O)cc32)C1. The molecule has 1 aromatic carbocycles.